The van der Waals surface area contributed by atoms with Crippen LogP contribution >= 0.6 is 0 Å². The second-order valence-corrected chi connectivity index (χ2v) is 7.51. The van der Waals surface area contributed by atoms with Gasteiger partial charge in [0.15, 0.2) is 0 Å². The highest BCUT2D eigenvalue weighted by Gasteiger charge is 2.34. The molecule has 1 aliphatic carbocycles. The molecule has 3 aromatic carbocycles. The maximum atomic E-state index is 11.9. The van der Waals surface area contributed by atoms with E-state index >= 15 is 0 Å². The van der Waals surface area contributed by atoms with Crippen LogP contribution in [0.25, 0.3) is 0 Å². The molecule has 1 atom stereocenters. The van der Waals surface area contributed by atoms with E-state index < -0.39 is 0 Å². The van der Waals surface area contributed by atoms with Crippen LogP contribution in [-0.4, -0.2) is 18.8 Å². The number of hydrogen-bond donors (Lipinski definition) is 0. The van der Waals surface area contributed by atoms with Gasteiger partial charge in [-0.2, -0.15) is 0 Å². The van der Waals surface area contributed by atoms with E-state index in [1.165, 1.54) is 25.5 Å². The third-order valence-electron chi connectivity index (χ3n) is 5.44. The average Bonchev–Trinajstić information content (AvgIpc) is 3.62. The summed E-state index contributed by atoms with van der Waals surface area (Å²) in [6, 6.07) is 28.8. The van der Waals surface area contributed by atoms with E-state index in [9.17, 15) is 4.79 Å². The average molecular weight is 383 g/mol. The highest BCUT2D eigenvalue weighted by Crippen LogP contribution is 2.45. The first kappa shape index (κ1) is 19.1. The zero-order chi connectivity index (χ0) is 20.1. The molecule has 0 aliphatic heterocycles. The van der Waals surface area contributed by atoms with Crippen molar-refractivity contribution in [2.45, 2.75) is 25.2 Å². The molecule has 0 spiro atoms. The zero-order valence-electron chi connectivity index (χ0n) is 16.6. The van der Waals surface area contributed by atoms with Gasteiger partial charge < -0.3 is 4.74 Å². The summed E-state index contributed by atoms with van der Waals surface area (Å²) in [5, 5.41) is 0. The Bertz CT molecular complexity index is 950. The minimum Gasteiger partial charge on any atom is -0.469 e. The number of hydrogen-bond acceptors (Lipinski definition) is 3. The first-order valence-electron chi connectivity index (χ1n) is 10.1. The lowest BCUT2D eigenvalue weighted by Crippen LogP contribution is -2.10. The lowest BCUT2D eigenvalue weighted by molar-refractivity contribution is -0.141. The lowest BCUT2D eigenvalue weighted by atomic mass is 9.90. The summed E-state index contributed by atoms with van der Waals surface area (Å²) >= 11 is 0. The Morgan fingerprint density at radius 3 is 2.10 bits per heavy atom. The van der Waals surface area contributed by atoms with Crippen molar-refractivity contribution in [2.24, 2.45) is 10.9 Å². The molecular formula is C26H25NO2. The van der Waals surface area contributed by atoms with E-state index in [0.717, 1.165) is 22.5 Å². The molecule has 0 N–H and O–H groups in total. The van der Waals surface area contributed by atoms with Crippen molar-refractivity contribution in [1.82, 2.24) is 0 Å². The minimum absolute atomic E-state index is 0.148. The molecule has 29 heavy (non-hydrogen) atoms. The van der Waals surface area contributed by atoms with Crippen molar-refractivity contribution in [3.05, 3.63) is 102 Å². The van der Waals surface area contributed by atoms with Gasteiger partial charge in [0.2, 0.25) is 0 Å². The van der Waals surface area contributed by atoms with Crippen LogP contribution in [0.2, 0.25) is 0 Å². The first-order valence-corrected chi connectivity index (χ1v) is 10.1. The molecular weight excluding hydrogens is 358 g/mol. The molecule has 1 saturated carbocycles. The van der Waals surface area contributed by atoms with Gasteiger partial charge in [-0.25, -0.2) is 4.99 Å². The molecule has 1 aliphatic rings. The molecule has 4 rings (SSSR count). The molecule has 0 amide bonds. The zero-order valence-corrected chi connectivity index (χ0v) is 16.6. The summed E-state index contributed by atoms with van der Waals surface area (Å²) in [7, 11) is 1.46. The van der Waals surface area contributed by atoms with E-state index in [0.29, 0.717) is 12.3 Å². The molecule has 0 bridgehead atoms. The fraction of sp³-hybridized carbons (Fsp3) is 0.231. The van der Waals surface area contributed by atoms with Crippen LogP contribution in [0, 0.1) is 5.92 Å². The molecule has 0 radical (unpaired) electrons. The van der Waals surface area contributed by atoms with Crippen LogP contribution in [0.5, 0.6) is 0 Å². The summed E-state index contributed by atoms with van der Waals surface area (Å²) in [6.45, 7) is 0. The standard InChI is InChI=1S/C26H25NO2/c1-29-25(28)18-24(19-15-16-19)22-13-8-14-23(17-22)27-26(20-9-4-2-5-10-20)21-11-6-3-7-12-21/h2-14,17,19,24H,15-16,18H2,1H3. The number of methoxy groups -OCH3 is 1. The lowest BCUT2D eigenvalue weighted by Gasteiger charge is -2.16. The van der Waals surface area contributed by atoms with E-state index in [4.69, 9.17) is 9.73 Å². The number of benzene rings is 3. The van der Waals surface area contributed by atoms with Crippen LogP contribution in [0.15, 0.2) is 89.9 Å². The van der Waals surface area contributed by atoms with Gasteiger partial charge in [0.1, 0.15) is 0 Å². The topological polar surface area (TPSA) is 38.7 Å². The SMILES string of the molecule is COC(=O)CC(c1cccc(N=C(c2ccccc2)c2ccccc2)c1)C1CC1. The number of ether oxygens (including phenoxy) is 1. The third kappa shape index (κ3) is 4.80. The van der Waals surface area contributed by atoms with E-state index in [2.05, 4.69) is 36.4 Å². The van der Waals surface area contributed by atoms with Gasteiger partial charge in [-0.15, -0.1) is 0 Å². The van der Waals surface area contributed by atoms with Gasteiger partial charge in [0.25, 0.3) is 0 Å². The predicted molar refractivity (Wildman–Crippen MR) is 117 cm³/mol. The second kappa shape index (κ2) is 8.87. The van der Waals surface area contributed by atoms with Crippen LogP contribution in [0.4, 0.5) is 5.69 Å². The fourth-order valence-electron chi connectivity index (χ4n) is 3.76. The van der Waals surface area contributed by atoms with Gasteiger partial charge in [0, 0.05) is 11.1 Å². The van der Waals surface area contributed by atoms with Crippen molar-refractivity contribution in [3.8, 4) is 0 Å². The quantitative estimate of drug-likeness (QED) is 0.376. The van der Waals surface area contributed by atoms with Gasteiger partial charge in [-0.1, -0.05) is 72.8 Å². The van der Waals surface area contributed by atoms with Crippen molar-refractivity contribution >= 4 is 17.4 Å². The number of esters is 1. The normalized spacial score (nSPS) is 14.1. The summed E-state index contributed by atoms with van der Waals surface area (Å²) < 4.78 is 4.92. The second-order valence-electron chi connectivity index (χ2n) is 7.51. The van der Waals surface area contributed by atoms with Gasteiger partial charge in [-0.3, -0.25) is 4.79 Å². The van der Waals surface area contributed by atoms with Crippen LogP contribution in [-0.2, 0) is 9.53 Å². The molecule has 0 heterocycles. The smallest absolute Gasteiger partial charge is 0.306 e. The van der Waals surface area contributed by atoms with E-state index in [1.807, 2.05) is 48.5 Å². The Balaban J connectivity index is 1.72. The van der Waals surface area contributed by atoms with Crippen LogP contribution in [0.1, 0.15) is 41.9 Å². The van der Waals surface area contributed by atoms with Crippen LogP contribution < -0.4 is 0 Å². The predicted octanol–water partition coefficient (Wildman–Crippen LogP) is 5.91. The number of carbonyl (C=O) groups is 1. The monoisotopic (exact) mass is 383 g/mol. The van der Waals surface area contributed by atoms with Crippen molar-refractivity contribution in [1.29, 1.82) is 0 Å². The summed E-state index contributed by atoms with van der Waals surface area (Å²) in [6.07, 6.45) is 2.78. The number of aliphatic imine (C=N–C) groups is 1. The van der Waals surface area contributed by atoms with Crippen LogP contribution in [0.3, 0.4) is 0 Å². The largest absolute Gasteiger partial charge is 0.469 e. The summed E-state index contributed by atoms with van der Waals surface area (Å²) in [5.74, 6) is 0.621. The van der Waals surface area contributed by atoms with Crippen molar-refractivity contribution in [2.75, 3.05) is 7.11 Å². The Morgan fingerprint density at radius 1 is 0.931 bits per heavy atom. The highest BCUT2D eigenvalue weighted by molar-refractivity contribution is 6.13. The molecule has 1 unspecified atom stereocenters. The number of rotatable bonds is 7. The number of carbonyl (C=O) groups excluding carboxylic acids is 1. The molecule has 0 aromatic heterocycles. The maximum Gasteiger partial charge on any atom is 0.306 e. The summed E-state index contributed by atoms with van der Waals surface area (Å²) in [4.78, 5) is 16.9. The van der Waals surface area contributed by atoms with E-state index in [-0.39, 0.29) is 11.9 Å². The van der Waals surface area contributed by atoms with E-state index in [1.54, 1.807) is 0 Å². The number of nitrogens with zero attached hydrogens (tertiary/aromatic N) is 1. The maximum absolute atomic E-state index is 11.9. The van der Waals surface area contributed by atoms with Crippen molar-refractivity contribution < 1.29 is 9.53 Å². The summed E-state index contributed by atoms with van der Waals surface area (Å²) in [5.41, 5.74) is 5.18. The molecule has 3 nitrogen and oxygen atoms in total. The molecule has 0 saturated heterocycles. The highest BCUT2D eigenvalue weighted by atomic mass is 16.5. The Morgan fingerprint density at radius 2 is 1.55 bits per heavy atom. The Labute approximate surface area is 172 Å². The van der Waals surface area contributed by atoms with Gasteiger partial charge >= 0.3 is 5.97 Å². The third-order valence-corrected chi connectivity index (χ3v) is 5.44. The molecule has 3 heteroatoms. The Kier molecular flexibility index (Phi) is 5.85. The van der Waals surface area contributed by atoms with Crippen molar-refractivity contribution in [3.63, 3.8) is 0 Å². The first-order chi connectivity index (χ1) is 14.2. The minimum atomic E-state index is -0.148. The van der Waals surface area contributed by atoms with Gasteiger partial charge in [-0.05, 0) is 42.4 Å². The molecule has 146 valence electrons. The molecule has 3 aromatic rings. The molecule has 1 fully saturated rings. The fourth-order valence-corrected chi connectivity index (χ4v) is 3.76. The van der Waals surface area contributed by atoms with Gasteiger partial charge in [0.05, 0.1) is 24.9 Å². The Hall–Kier alpha value is -3.20.